The molecular weight excluding hydrogens is 437 g/mol. The first-order chi connectivity index (χ1) is 11.6. The summed E-state index contributed by atoms with van der Waals surface area (Å²) in [4.78, 5) is 20.1. The smallest absolute Gasteiger partial charge is 0.251 e. The normalized spacial score (nSPS) is 24.6. The average Bonchev–Trinajstić information content (AvgIpc) is 3.06. The van der Waals surface area contributed by atoms with Crippen LogP contribution in [0.4, 0.5) is 0 Å². The van der Waals surface area contributed by atoms with E-state index in [1.54, 1.807) is 19.0 Å². The number of rotatable bonds is 7. The van der Waals surface area contributed by atoms with Crippen LogP contribution >= 0.6 is 24.0 Å². The van der Waals surface area contributed by atoms with E-state index in [0.717, 1.165) is 58.7 Å². The Bertz CT molecular complexity index is 430. The number of aliphatic imine (C=N–C) groups is 1. The second-order valence-electron chi connectivity index (χ2n) is 6.52. The topological polar surface area (TPSA) is 92.4 Å². The zero-order valence-corrected chi connectivity index (χ0v) is 17.6. The molecule has 2 atom stereocenters. The number of nitrogens with one attached hydrogen (secondary N) is 1. The van der Waals surface area contributed by atoms with Gasteiger partial charge in [-0.05, 0) is 25.8 Å². The minimum absolute atomic E-state index is 0. The Morgan fingerprint density at radius 3 is 2.72 bits per heavy atom. The molecule has 0 aromatic carbocycles. The lowest BCUT2D eigenvalue weighted by atomic mass is 10.2. The van der Waals surface area contributed by atoms with Gasteiger partial charge in [0.05, 0.1) is 25.9 Å². The van der Waals surface area contributed by atoms with E-state index in [4.69, 9.17) is 15.2 Å². The minimum Gasteiger partial charge on any atom is -0.379 e. The van der Waals surface area contributed by atoms with Gasteiger partial charge < -0.3 is 25.4 Å². The van der Waals surface area contributed by atoms with Gasteiger partial charge in [-0.15, -0.1) is 24.0 Å². The summed E-state index contributed by atoms with van der Waals surface area (Å²) in [5.41, 5.74) is 5.89. The zero-order valence-electron chi connectivity index (χ0n) is 15.3. The molecule has 2 unspecified atom stereocenters. The highest BCUT2D eigenvalue weighted by Gasteiger charge is 2.31. The molecule has 3 N–H and O–H groups in total. The van der Waals surface area contributed by atoms with Crippen molar-refractivity contribution in [3.8, 4) is 0 Å². The number of carbonyl (C=O) groups is 1. The number of hydrogen-bond acceptors (Lipinski definition) is 5. The van der Waals surface area contributed by atoms with Crippen molar-refractivity contribution in [1.82, 2.24) is 15.1 Å². The molecule has 0 aliphatic carbocycles. The molecule has 2 aliphatic rings. The summed E-state index contributed by atoms with van der Waals surface area (Å²) >= 11 is 0. The first-order valence-corrected chi connectivity index (χ1v) is 8.77. The van der Waals surface area contributed by atoms with Crippen molar-refractivity contribution in [2.24, 2.45) is 10.7 Å². The Labute approximate surface area is 167 Å². The molecule has 2 saturated heterocycles. The number of amides is 1. The van der Waals surface area contributed by atoms with Gasteiger partial charge in [0.15, 0.2) is 5.96 Å². The summed E-state index contributed by atoms with van der Waals surface area (Å²) in [6, 6.07) is 0. The number of morpholine rings is 1. The fraction of sp³-hybridized carbons (Fsp3) is 0.875. The Kier molecular flexibility index (Phi) is 10.6. The van der Waals surface area contributed by atoms with Gasteiger partial charge in [0.2, 0.25) is 0 Å². The summed E-state index contributed by atoms with van der Waals surface area (Å²) in [5, 5.41) is 3.14. The number of nitrogens with two attached hydrogens (primary N) is 1. The maximum atomic E-state index is 11.8. The predicted octanol–water partition coefficient (Wildman–Crippen LogP) is -0.133. The van der Waals surface area contributed by atoms with E-state index in [0.29, 0.717) is 12.5 Å². The van der Waals surface area contributed by atoms with Crippen LogP contribution < -0.4 is 11.1 Å². The number of nitrogens with zero attached hydrogens (tertiary/aromatic N) is 3. The number of carbonyl (C=O) groups excluding carboxylic acids is 1. The van der Waals surface area contributed by atoms with Gasteiger partial charge in [-0.3, -0.25) is 14.7 Å². The van der Waals surface area contributed by atoms with E-state index in [1.807, 2.05) is 0 Å². The summed E-state index contributed by atoms with van der Waals surface area (Å²) in [6.07, 6.45) is 2.27. The average molecular weight is 469 g/mol. The van der Waals surface area contributed by atoms with Crippen molar-refractivity contribution < 1.29 is 14.3 Å². The Morgan fingerprint density at radius 2 is 2.04 bits per heavy atom. The molecule has 0 radical (unpaired) electrons. The van der Waals surface area contributed by atoms with E-state index >= 15 is 0 Å². The lowest BCUT2D eigenvalue weighted by Crippen LogP contribution is -2.39. The van der Waals surface area contributed by atoms with Crippen LogP contribution in [0.5, 0.6) is 0 Å². The van der Waals surface area contributed by atoms with Crippen LogP contribution in [0.2, 0.25) is 0 Å². The van der Waals surface area contributed by atoms with Crippen LogP contribution in [0.3, 0.4) is 0 Å². The highest BCUT2D eigenvalue weighted by atomic mass is 127. The van der Waals surface area contributed by atoms with Crippen molar-refractivity contribution in [2.75, 3.05) is 60.0 Å². The van der Waals surface area contributed by atoms with Crippen LogP contribution in [0.1, 0.15) is 19.3 Å². The molecule has 0 spiro atoms. The van der Waals surface area contributed by atoms with Gasteiger partial charge >= 0.3 is 0 Å². The first-order valence-electron chi connectivity index (χ1n) is 8.77. The lowest BCUT2D eigenvalue weighted by Gasteiger charge is -2.26. The standard InChI is InChI=1S/C16H31N5O3.HI/c1-20(2)15(22)14-5-4-13(24-14)12-19-16(17)18-6-3-7-21-8-10-23-11-9-21;/h13-14H,3-12H2,1-2H3,(H3,17,18,19);1H. The molecule has 2 aliphatic heterocycles. The third-order valence-corrected chi connectivity index (χ3v) is 4.35. The van der Waals surface area contributed by atoms with Crippen LogP contribution in [-0.4, -0.2) is 93.9 Å². The summed E-state index contributed by atoms with van der Waals surface area (Å²) in [6.45, 7) is 6.03. The number of guanidine groups is 1. The van der Waals surface area contributed by atoms with E-state index in [1.165, 1.54) is 0 Å². The fourth-order valence-corrected chi connectivity index (χ4v) is 2.91. The van der Waals surface area contributed by atoms with E-state index in [2.05, 4.69) is 15.2 Å². The second-order valence-corrected chi connectivity index (χ2v) is 6.52. The second kappa shape index (κ2) is 11.9. The van der Waals surface area contributed by atoms with Crippen LogP contribution in [0, 0.1) is 0 Å². The highest BCUT2D eigenvalue weighted by Crippen LogP contribution is 2.21. The predicted molar refractivity (Wildman–Crippen MR) is 108 cm³/mol. The quantitative estimate of drug-likeness (QED) is 0.234. The molecule has 2 rings (SSSR count). The van der Waals surface area contributed by atoms with E-state index < -0.39 is 0 Å². The molecular formula is C16H32IN5O3. The first kappa shape index (κ1) is 22.4. The van der Waals surface area contributed by atoms with Crippen LogP contribution in [0.25, 0.3) is 0 Å². The maximum absolute atomic E-state index is 11.8. The van der Waals surface area contributed by atoms with E-state index in [-0.39, 0.29) is 42.1 Å². The maximum Gasteiger partial charge on any atom is 0.251 e. The Morgan fingerprint density at radius 1 is 1.32 bits per heavy atom. The molecule has 1 amide bonds. The van der Waals surface area contributed by atoms with Crippen molar-refractivity contribution in [3.63, 3.8) is 0 Å². The van der Waals surface area contributed by atoms with Gasteiger partial charge in [-0.1, -0.05) is 0 Å². The molecule has 0 saturated carbocycles. The number of likely N-dealkylation sites (N-methyl/N-ethyl adjacent to an activating group) is 1. The van der Waals surface area contributed by atoms with Crippen LogP contribution in [0.15, 0.2) is 4.99 Å². The van der Waals surface area contributed by atoms with Gasteiger partial charge in [0.25, 0.3) is 5.91 Å². The van der Waals surface area contributed by atoms with Crippen molar-refractivity contribution in [3.05, 3.63) is 0 Å². The van der Waals surface area contributed by atoms with Gasteiger partial charge in [-0.25, -0.2) is 0 Å². The number of hydrogen-bond donors (Lipinski definition) is 2. The summed E-state index contributed by atoms with van der Waals surface area (Å²) < 4.78 is 11.1. The summed E-state index contributed by atoms with van der Waals surface area (Å²) in [7, 11) is 3.49. The molecule has 9 heteroatoms. The molecule has 0 aromatic rings. The van der Waals surface area contributed by atoms with Crippen LogP contribution in [-0.2, 0) is 14.3 Å². The third-order valence-electron chi connectivity index (χ3n) is 4.35. The van der Waals surface area contributed by atoms with Crippen molar-refractivity contribution >= 4 is 35.8 Å². The molecule has 2 heterocycles. The molecule has 146 valence electrons. The molecule has 0 aromatic heterocycles. The molecule has 25 heavy (non-hydrogen) atoms. The Hall–Kier alpha value is -0.650. The van der Waals surface area contributed by atoms with Gasteiger partial charge in [0, 0.05) is 33.7 Å². The third kappa shape index (κ3) is 8.06. The van der Waals surface area contributed by atoms with Crippen molar-refractivity contribution in [2.45, 2.75) is 31.5 Å². The molecule has 8 nitrogen and oxygen atoms in total. The number of halogens is 1. The van der Waals surface area contributed by atoms with Gasteiger partial charge in [-0.2, -0.15) is 0 Å². The Balaban J connectivity index is 0.00000312. The van der Waals surface area contributed by atoms with E-state index in [9.17, 15) is 4.79 Å². The molecule has 2 fully saturated rings. The summed E-state index contributed by atoms with van der Waals surface area (Å²) in [5.74, 6) is 0.471. The monoisotopic (exact) mass is 469 g/mol. The molecule has 0 bridgehead atoms. The SMILES string of the molecule is CN(C)C(=O)C1CCC(CN=C(N)NCCCN2CCOCC2)O1.I. The zero-order chi connectivity index (χ0) is 17.4. The fourth-order valence-electron chi connectivity index (χ4n) is 2.91. The lowest BCUT2D eigenvalue weighted by molar-refractivity contribution is -0.140. The highest BCUT2D eigenvalue weighted by molar-refractivity contribution is 14.0. The largest absolute Gasteiger partial charge is 0.379 e. The van der Waals surface area contributed by atoms with Gasteiger partial charge in [0.1, 0.15) is 6.10 Å². The van der Waals surface area contributed by atoms with Crippen molar-refractivity contribution in [1.29, 1.82) is 0 Å². The number of ether oxygens (including phenoxy) is 2. The minimum atomic E-state index is -0.331.